The summed E-state index contributed by atoms with van der Waals surface area (Å²) >= 11 is 0. The van der Waals surface area contributed by atoms with Gasteiger partial charge in [-0.3, -0.25) is 0 Å². The maximum Gasteiger partial charge on any atom is 1.00 e. The molecule has 1 aromatic rings. The van der Waals surface area contributed by atoms with Crippen molar-refractivity contribution in [3.63, 3.8) is 0 Å². The van der Waals surface area contributed by atoms with E-state index in [1.54, 1.807) is 0 Å². The SMILES string of the molecule is COc1cc(C=CC(=O)O)ccc1[O-].[Cl-].[Na+].[Na+]. The van der Waals surface area contributed by atoms with Crippen molar-refractivity contribution in [2.24, 2.45) is 0 Å². The van der Waals surface area contributed by atoms with Gasteiger partial charge in [0.25, 0.3) is 0 Å². The number of aliphatic carboxylic acids is 1. The summed E-state index contributed by atoms with van der Waals surface area (Å²) in [6.07, 6.45) is 2.39. The number of carbonyl (C=O) groups is 1. The van der Waals surface area contributed by atoms with Crippen LogP contribution in [-0.4, -0.2) is 18.2 Å². The van der Waals surface area contributed by atoms with Gasteiger partial charge >= 0.3 is 65.1 Å². The zero-order chi connectivity index (χ0) is 10.6. The fourth-order valence-corrected chi connectivity index (χ4v) is 0.955. The van der Waals surface area contributed by atoms with Crippen LogP contribution in [0.2, 0.25) is 0 Å². The number of hydrogen-bond acceptors (Lipinski definition) is 3. The van der Waals surface area contributed by atoms with E-state index in [2.05, 4.69) is 0 Å². The van der Waals surface area contributed by atoms with Crippen LogP contribution in [0.15, 0.2) is 24.3 Å². The molecule has 0 heterocycles. The number of carboxylic acid groups (broad SMARTS) is 1. The van der Waals surface area contributed by atoms with E-state index in [0.29, 0.717) is 5.56 Å². The molecule has 0 aromatic heterocycles. The molecule has 4 nitrogen and oxygen atoms in total. The van der Waals surface area contributed by atoms with Crippen molar-refractivity contribution in [2.75, 3.05) is 7.11 Å². The molecule has 17 heavy (non-hydrogen) atoms. The van der Waals surface area contributed by atoms with Crippen LogP contribution in [0.25, 0.3) is 6.08 Å². The van der Waals surface area contributed by atoms with E-state index in [0.717, 1.165) is 6.08 Å². The molecule has 0 aliphatic rings. The van der Waals surface area contributed by atoms with Crippen LogP contribution in [-0.2, 0) is 4.79 Å². The van der Waals surface area contributed by atoms with Gasteiger partial charge in [-0.25, -0.2) is 4.79 Å². The summed E-state index contributed by atoms with van der Waals surface area (Å²) in [4.78, 5) is 10.2. The predicted octanol–water partition coefficient (Wildman–Crippen LogP) is -8.12. The van der Waals surface area contributed by atoms with E-state index in [9.17, 15) is 9.90 Å². The Morgan fingerprint density at radius 2 is 2.00 bits per heavy atom. The standard InChI is InChI=1S/C10H10O4.ClH.2Na/c1-14-9-6-7(2-4-8(9)11)3-5-10(12)13;;;/h2-6,11H,1H3,(H,12,13);1H;;/q;;2*+1/p-2. The minimum absolute atomic E-state index is 0. The third-order valence-electron chi connectivity index (χ3n) is 1.61. The van der Waals surface area contributed by atoms with Crippen LogP contribution >= 0.6 is 0 Å². The average Bonchev–Trinajstić information content (AvgIpc) is 2.16. The molecule has 0 amide bonds. The average molecular weight is 275 g/mol. The van der Waals surface area contributed by atoms with Crippen molar-refractivity contribution in [1.29, 1.82) is 0 Å². The van der Waals surface area contributed by atoms with Crippen molar-refractivity contribution in [3.05, 3.63) is 29.8 Å². The van der Waals surface area contributed by atoms with E-state index in [1.807, 2.05) is 0 Å². The molecule has 0 aliphatic heterocycles. The normalized spacial score (nSPS) is 8.53. The molecule has 0 atom stereocenters. The largest absolute Gasteiger partial charge is 1.00 e. The Kier molecular flexibility index (Phi) is 15.1. The van der Waals surface area contributed by atoms with Crippen LogP contribution in [0, 0.1) is 0 Å². The van der Waals surface area contributed by atoms with Gasteiger partial charge in [0, 0.05) is 6.08 Å². The quantitative estimate of drug-likeness (QED) is 0.439. The van der Waals surface area contributed by atoms with E-state index >= 15 is 0 Å². The first-order valence-electron chi connectivity index (χ1n) is 3.89. The Morgan fingerprint density at radius 1 is 1.41 bits per heavy atom. The van der Waals surface area contributed by atoms with Gasteiger partial charge in [0.15, 0.2) is 0 Å². The molecule has 0 aliphatic carbocycles. The molecule has 0 radical (unpaired) electrons. The van der Waals surface area contributed by atoms with Crippen LogP contribution in [0.5, 0.6) is 11.5 Å². The van der Waals surface area contributed by atoms with Gasteiger partial charge in [-0.1, -0.05) is 17.9 Å². The van der Waals surface area contributed by atoms with Crippen molar-refractivity contribution in [2.45, 2.75) is 0 Å². The molecule has 82 valence electrons. The summed E-state index contributed by atoms with van der Waals surface area (Å²) < 4.78 is 4.80. The van der Waals surface area contributed by atoms with Gasteiger partial charge in [-0.05, 0) is 17.7 Å². The number of hydrogen-bond donors (Lipinski definition) is 1. The molecular weight excluding hydrogens is 266 g/mol. The van der Waals surface area contributed by atoms with Crippen molar-refractivity contribution < 1.29 is 91.3 Å². The third kappa shape index (κ3) is 8.11. The Bertz CT molecular complexity index is 383. The Hall–Kier alpha value is 0.320. The number of halogens is 1. The fraction of sp³-hybridized carbons (Fsp3) is 0.100. The van der Waals surface area contributed by atoms with Gasteiger partial charge in [-0.2, -0.15) is 0 Å². The summed E-state index contributed by atoms with van der Waals surface area (Å²) in [5, 5.41) is 19.5. The van der Waals surface area contributed by atoms with Gasteiger partial charge in [-0.15, -0.1) is 0 Å². The molecule has 7 heteroatoms. The van der Waals surface area contributed by atoms with Gasteiger partial charge < -0.3 is 27.4 Å². The van der Waals surface area contributed by atoms with Crippen LogP contribution in [0.1, 0.15) is 5.56 Å². The summed E-state index contributed by atoms with van der Waals surface area (Å²) in [7, 11) is 1.39. The maximum atomic E-state index is 11.1. The second-order valence-corrected chi connectivity index (χ2v) is 2.58. The topological polar surface area (TPSA) is 69.6 Å². The summed E-state index contributed by atoms with van der Waals surface area (Å²) in [6.45, 7) is 0. The minimum Gasteiger partial charge on any atom is -1.00 e. The molecule has 0 saturated heterocycles. The van der Waals surface area contributed by atoms with E-state index < -0.39 is 5.97 Å². The molecule has 1 aromatic carbocycles. The number of rotatable bonds is 3. The fourth-order valence-electron chi connectivity index (χ4n) is 0.955. The molecule has 1 rings (SSSR count). The molecule has 0 unspecified atom stereocenters. The van der Waals surface area contributed by atoms with E-state index in [-0.39, 0.29) is 83.0 Å². The Labute approximate surface area is 150 Å². The molecule has 0 spiro atoms. The van der Waals surface area contributed by atoms with Crippen molar-refractivity contribution in [3.8, 4) is 11.5 Å². The smallest absolute Gasteiger partial charge is 1.00 e. The first-order valence-corrected chi connectivity index (χ1v) is 3.89. The second-order valence-electron chi connectivity index (χ2n) is 2.58. The van der Waals surface area contributed by atoms with Gasteiger partial charge in [0.1, 0.15) is 5.75 Å². The molecule has 1 N–H and O–H groups in total. The van der Waals surface area contributed by atoms with E-state index in [4.69, 9.17) is 9.84 Å². The number of ether oxygens (including phenoxy) is 1. The zero-order valence-electron chi connectivity index (χ0n) is 9.94. The first kappa shape index (κ1) is 22.5. The van der Waals surface area contributed by atoms with E-state index in [1.165, 1.54) is 31.4 Å². The maximum absolute atomic E-state index is 11.1. The van der Waals surface area contributed by atoms with Gasteiger partial charge in [0.05, 0.1) is 7.11 Å². The molecule has 0 fully saturated rings. The monoisotopic (exact) mass is 274 g/mol. The second kappa shape index (κ2) is 11.4. The number of carboxylic acids is 1. The summed E-state index contributed by atoms with van der Waals surface area (Å²) in [5.41, 5.74) is 0.615. The summed E-state index contributed by atoms with van der Waals surface area (Å²) in [6, 6.07) is 4.35. The third-order valence-corrected chi connectivity index (χ3v) is 1.61. The summed E-state index contributed by atoms with van der Waals surface area (Å²) in [5.74, 6) is -1.05. The first-order chi connectivity index (χ1) is 6.63. The van der Waals surface area contributed by atoms with Crippen LogP contribution in [0.4, 0.5) is 0 Å². The Balaban J connectivity index is -0.000000653. The van der Waals surface area contributed by atoms with Crippen molar-refractivity contribution >= 4 is 12.0 Å². The Morgan fingerprint density at radius 3 is 2.47 bits per heavy atom. The minimum atomic E-state index is -1.03. The van der Waals surface area contributed by atoms with Crippen LogP contribution in [0.3, 0.4) is 0 Å². The predicted molar refractivity (Wildman–Crippen MR) is 49.1 cm³/mol. The number of benzene rings is 1. The van der Waals surface area contributed by atoms with Crippen molar-refractivity contribution in [1.82, 2.24) is 0 Å². The molecular formula is C10H9ClNa2O4. The molecule has 0 bridgehead atoms. The van der Waals surface area contributed by atoms with Crippen LogP contribution < -0.4 is 81.4 Å². The molecule has 0 saturated carbocycles. The van der Waals surface area contributed by atoms with Gasteiger partial charge in [0.2, 0.25) is 0 Å². The zero-order valence-corrected chi connectivity index (χ0v) is 14.7. The number of methoxy groups -OCH3 is 1.